The Kier molecular flexibility index (Phi) is 3.67. The van der Waals surface area contributed by atoms with Gasteiger partial charge in [0.2, 0.25) is 0 Å². The van der Waals surface area contributed by atoms with Crippen LogP contribution in [0.3, 0.4) is 0 Å². The van der Waals surface area contributed by atoms with Crippen LogP contribution in [0.4, 0.5) is 0 Å². The molecule has 1 N–H and O–H groups in total. The zero-order valence-electron chi connectivity index (χ0n) is 12.8. The number of fused-ring (bicyclic) bond motifs is 1. The molecule has 2 rings (SSSR count). The Morgan fingerprint density at radius 1 is 1.30 bits per heavy atom. The minimum atomic E-state index is -0.501. The first-order chi connectivity index (χ1) is 9.25. The van der Waals surface area contributed by atoms with Gasteiger partial charge in [0.1, 0.15) is 23.7 Å². The van der Waals surface area contributed by atoms with Crippen LogP contribution in [-0.2, 0) is 16.0 Å². The van der Waals surface area contributed by atoms with E-state index in [9.17, 15) is 9.90 Å². The van der Waals surface area contributed by atoms with Gasteiger partial charge in [0.05, 0.1) is 0 Å². The SMILES string of the molecule is CC(=O)OC[C@]1(C)CCc2c(C)c(O)c(C)c(C)c2O1. The minimum absolute atomic E-state index is 0.250. The third kappa shape index (κ3) is 2.47. The van der Waals surface area contributed by atoms with Gasteiger partial charge in [-0.05, 0) is 57.2 Å². The first-order valence-electron chi connectivity index (χ1n) is 6.89. The van der Waals surface area contributed by atoms with E-state index in [1.54, 1.807) is 0 Å². The van der Waals surface area contributed by atoms with Gasteiger partial charge in [0.15, 0.2) is 0 Å². The summed E-state index contributed by atoms with van der Waals surface area (Å²) >= 11 is 0. The van der Waals surface area contributed by atoms with Gasteiger partial charge in [-0.2, -0.15) is 0 Å². The van der Waals surface area contributed by atoms with E-state index in [-0.39, 0.29) is 12.6 Å². The molecule has 0 aliphatic carbocycles. The second kappa shape index (κ2) is 5.00. The standard InChI is InChI=1S/C16H22O4/c1-9-10(2)15-13(11(3)14(9)18)6-7-16(5,20-15)8-19-12(4)17/h18H,6-8H2,1-5H3/t16-/m0/s1. The molecule has 20 heavy (non-hydrogen) atoms. The summed E-state index contributed by atoms with van der Waals surface area (Å²) in [6.07, 6.45) is 1.57. The number of ether oxygens (including phenoxy) is 2. The van der Waals surface area contributed by atoms with Gasteiger partial charge < -0.3 is 14.6 Å². The molecule has 0 radical (unpaired) electrons. The first kappa shape index (κ1) is 14.7. The van der Waals surface area contributed by atoms with E-state index in [0.717, 1.165) is 40.8 Å². The van der Waals surface area contributed by atoms with Crippen molar-refractivity contribution in [2.24, 2.45) is 0 Å². The molecule has 0 bridgehead atoms. The van der Waals surface area contributed by atoms with E-state index in [0.29, 0.717) is 5.75 Å². The Morgan fingerprint density at radius 3 is 2.55 bits per heavy atom. The number of benzene rings is 1. The normalized spacial score (nSPS) is 21.1. The van der Waals surface area contributed by atoms with Crippen molar-refractivity contribution in [3.05, 3.63) is 22.3 Å². The van der Waals surface area contributed by atoms with Crippen LogP contribution >= 0.6 is 0 Å². The molecular weight excluding hydrogens is 256 g/mol. The lowest BCUT2D eigenvalue weighted by Crippen LogP contribution is -2.42. The second-order valence-electron chi connectivity index (χ2n) is 5.86. The molecule has 1 aliphatic rings. The van der Waals surface area contributed by atoms with Gasteiger partial charge >= 0.3 is 5.97 Å². The summed E-state index contributed by atoms with van der Waals surface area (Å²) < 4.78 is 11.2. The zero-order chi connectivity index (χ0) is 15.1. The summed E-state index contributed by atoms with van der Waals surface area (Å²) in [5.74, 6) is 0.891. The van der Waals surface area contributed by atoms with E-state index >= 15 is 0 Å². The lowest BCUT2D eigenvalue weighted by atomic mass is 9.87. The largest absolute Gasteiger partial charge is 0.507 e. The highest BCUT2D eigenvalue weighted by Gasteiger charge is 2.35. The molecule has 1 heterocycles. The van der Waals surface area contributed by atoms with Gasteiger partial charge in [-0.15, -0.1) is 0 Å². The van der Waals surface area contributed by atoms with Crippen molar-refractivity contribution in [2.45, 2.75) is 53.1 Å². The molecule has 0 aromatic heterocycles. The predicted octanol–water partition coefficient (Wildman–Crippen LogP) is 2.96. The summed E-state index contributed by atoms with van der Waals surface area (Å²) in [5.41, 5.74) is 3.25. The highest BCUT2D eigenvalue weighted by molar-refractivity contribution is 5.66. The van der Waals surface area contributed by atoms with Gasteiger partial charge in [0.25, 0.3) is 0 Å². The van der Waals surface area contributed by atoms with Crippen LogP contribution in [-0.4, -0.2) is 23.3 Å². The molecule has 0 amide bonds. The van der Waals surface area contributed by atoms with Crippen LogP contribution in [0, 0.1) is 20.8 Å². The number of rotatable bonds is 2. The maximum Gasteiger partial charge on any atom is 0.302 e. The first-order valence-corrected chi connectivity index (χ1v) is 6.89. The topological polar surface area (TPSA) is 55.8 Å². The van der Waals surface area contributed by atoms with Crippen LogP contribution in [0.5, 0.6) is 11.5 Å². The molecule has 4 heteroatoms. The molecule has 1 aromatic carbocycles. The van der Waals surface area contributed by atoms with E-state index in [4.69, 9.17) is 9.47 Å². The molecule has 1 aromatic rings. The molecule has 0 unspecified atom stereocenters. The van der Waals surface area contributed by atoms with Crippen molar-refractivity contribution in [3.63, 3.8) is 0 Å². The fraction of sp³-hybridized carbons (Fsp3) is 0.562. The van der Waals surface area contributed by atoms with Crippen molar-refractivity contribution in [1.82, 2.24) is 0 Å². The van der Waals surface area contributed by atoms with Gasteiger partial charge in [-0.1, -0.05) is 0 Å². The maximum atomic E-state index is 11.0. The fourth-order valence-corrected chi connectivity index (χ4v) is 2.65. The molecular formula is C16H22O4. The highest BCUT2D eigenvalue weighted by atomic mass is 16.6. The van der Waals surface area contributed by atoms with E-state index in [1.165, 1.54) is 6.92 Å². The number of hydrogen-bond acceptors (Lipinski definition) is 4. The Morgan fingerprint density at radius 2 is 1.95 bits per heavy atom. The molecule has 1 aliphatic heterocycles. The van der Waals surface area contributed by atoms with Gasteiger partial charge in [0, 0.05) is 12.5 Å². The number of hydrogen-bond donors (Lipinski definition) is 1. The summed E-state index contributed by atoms with van der Waals surface area (Å²) in [6, 6.07) is 0. The van der Waals surface area contributed by atoms with Crippen LogP contribution in [0.25, 0.3) is 0 Å². The molecule has 0 fully saturated rings. The Bertz CT molecular complexity index is 562. The minimum Gasteiger partial charge on any atom is -0.507 e. The monoisotopic (exact) mass is 278 g/mol. The number of phenols is 1. The highest BCUT2D eigenvalue weighted by Crippen LogP contribution is 2.43. The lowest BCUT2D eigenvalue weighted by molar-refractivity contribution is -0.147. The number of phenolic OH excluding ortho intramolecular Hbond substituents is 1. The summed E-state index contributed by atoms with van der Waals surface area (Å²) in [6.45, 7) is 9.36. The number of aromatic hydroxyl groups is 1. The zero-order valence-corrected chi connectivity index (χ0v) is 12.8. The maximum absolute atomic E-state index is 11.0. The van der Waals surface area contributed by atoms with Crippen molar-refractivity contribution >= 4 is 5.97 Å². The van der Waals surface area contributed by atoms with Crippen LogP contribution in [0.2, 0.25) is 0 Å². The smallest absolute Gasteiger partial charge is 0.302 e. The third-order valence-corrected chi connectivity index (χ3v) is 4.17. The Labute approximate surface area is 119 Å². The fourth-order valence-electron chi connectivity index (χ4n) is 2.65. The molecule has 1 atom stereocenters. The Hall–Kier alpha value is -1.71. The number of esters is 1. The number of carbonyl (C=O) groups is 1. The van der Waals surface area contributed by atoms with E-state index in [1.807, 2.05) is 27.7 Å². The summed E-state index contributed by atoms with van der Waals surface area (Å²) in [5, 5.41) is 10.1. The van der Waals surface area contributed by atoms with E-state index in [2.05, 4.69) is 0 Å². The van der Waals surface area contributed by atoms with Crippen molar-refractivity contribution in [1.29, 1.82) is 0 Å². The van der Waals surface area contributed by atoms with Crippen LogP contribution < -0.4 is 4.74 Å². The molecule has 0 spiro atoms. The van der Waals surface area contributed by atoms with E-state index < -0.39 is 5.60 Å². The predicted molar refractivity (Wildman–Crippen MR) is 76.3 cm³/mol. The molecule has 4 nitrogen and oxygen atoms in total. The lowest BCUT2D eigenvalue weighted by Gasteiger charge is -2.37. The molecule has 110 valence electrons. The van der Waals surface area contributed by atoms with Crippen LogP contribution in [0.1, 0.15) is 42.5 Å². The average molecular weight is 278 g/mol. The molecule has 0 saturated carbocycles. The average Bonchev–Trinajstić information content (AvgIpc) is 2.41. The molecule has 0 saturated heterocycles. The number of carbonyl (C=O) groups excluding carboxylic acids is 1. The van der Waals surface area contributed by atoms with Gasteiger partial charge in [-0.25, -0.2) is 0 Å². The van der Waals surface area contributed by atoms with Crippen molar-refractivity contribution < 1.29 is 19.4 Å². The van der Waals surface area contributed by atoms with Crippen molar-refractivity contribution in [3.8, 4) is 11.5 Å². The summed E-state index contributed by atoms with van der Waals surface area (Å²) in [7, 11) is 0. The van der Waals surface area contributed by atoms with Gasteiger partial charge in [-0.3, -0.25) is 4.79 Å². The summed E-state index contributed by atoms with van der Waals surface area (Å²) in [4.78, 5) is 11.0. The van der Waals surface area contributed by atoms with Crippen molar-refractivity contribution in [2.75, 3.05) is 6.61 Å². The second-order valence-corrected chi connectivity index (χ2v) is 5.86. The Balaban J connectivity index is 2.37. The quantitative estimate of drug-likeness (QED) is 0.845. The third-order valence-electron chi connectivity index (χ3n) is 4.17. The van der Waals surface area contributed by atoms with Crippen LogP contribution in [0.15, 0.2) is 0 Å².